The van der Waals surface area contributed by atoms with Gasteiger partial charge in [0.05, 0.1) is 11.9 Å². The van der Waals surface area contributed by atoms with Gasteiger partial charge >= 0.3 is 0 Å². The lowest BCUT2D eigenvalue weighted by Crippen LogP contribution is -2.52. The van der Waals surface area contributed by atoms with Gasteiger partial charge in [-0.15, -0.1) is 0 Å². The van der Waals surface area contributed by atoms with Crippen molar-refractivity contribution in [3.8, 4) is 0 Å². The van der Waals surface area contributed by atoms with E-state index in [1.807, 2.05) is 13.8 Å². The number of nitrogens with one attached hydrogen (secondary N) is 1. The molecule has 174 valence electrons. The van der Waals surface area contributed by atoms with Crippen molar-refractivity contribution in [1.82, 2.24) is 10.2 Å². The Labute approximate surface area is 202 Å². The molecular formula is C22H27BrClN3O4S. The monoisotopic (exact) mass is 543 g/mol. The number of sulfonamides is 1. The second-order valence-corrected chi connectivity index (χ2v) is 11.0. The van der Waals surface area contributed by atoms with E-state index in [1.165, 1.54) is 4.90 Å². The molecule has 10 heteroatoms. The van der Waals surface area contributed by atoms with E-state index in [4.69, 9.17) is 11.6 Å². The third-order valence-electron chi connectivity index (χ3n) is 4.63. The molecule has 1 atom stereocenters. The van der Waals surface area contributed by atoms with Gasteiger partial charge in [-0.05, 0) is 62.7 Å². The molecule has 0 bridgehead atoms. The van der Waals surface area contributed by atoms with Crippen molar-refractivity contribution < 1.29 is 18.0 Å². The molecule has 2 aromatic rings. The van der Waals surface area contributed by atoms with Gasteiger partial charge in [0, 0.05) is 22.1 Å². The summed E-state index contributed by atoms with van der Waals surface area (Å²) in [6, 6.07) is 12.6. The Hall–Kier alpha value is -2.10. The Morgan fingerprint density at radius 1 is 1.09 bits per heavy atom. The molecule has 2 rings (SSSR count). The van der Waals surface area contributed by atoms with Crippen molar-refractivity contribution in [2.45, 2.75) is 39.4 Å². The van der Waals surface area contributed by atoms with E-state index in [2.05, 4.69) is 21.2 Å². The number of benzene rings is 2. The summed E-state index contributed by atoms with van der Waals surface area (Å²) in [6.07, 6.45) is 1.04. The quantitative estimate of drug-likeness (QED) is 0.520. The van der Waals surface area contributed by atoms with Crippen LogP contribution in [-0.4, -0.2) is 50.0 Å². The summed E-state index contributed by atoms with van der Waals surface area (Å²) >= 11 is 9.40. The number of amides is 2. The maximum absolute atomic E-state index is 13.4. The maximum atomic E-state index is 13.4. The minimum atomic E-state index is -3.76. The number of hydrogen-bond donors (Lipinski definition) is 1. The summed E-state index contributed by atoms with van der Waals surface area (Å²) < 4.78 is 26.8. The Kier molecular flexibility index (Phi) is 9.12. The summed E-state index contributed by atoms with van der Waals surface area (Å²) in [6.45, 7) is 4.92. The first-order valence-electron chi connectivity index (χ1n) is 9.96. The Balaban J connectivity index is 2.38. The molecule has 0 aliphatic heterocycles. The molecule has 32 heavy (non-hydrogen) atoms. The van der Waals surface area contributed by atoms with Gasteiger partial charge in [0.15, 0.2) is 0 Å². The smallest absolute Gasteiger partial charge is 0.244 e. The average molecular weight is 545 g/mol. The van der Waals surface area contributed by atoms with E-state index in [-0.39, 0.29) is 18.5 Å². The third kappa shape index (κ3) is 7.50. The summed E-state index contributed by atoms with van der Waals surface area (Å²) in [4.78, 5) is 27.4. The number of carbonyl (C=O) groups is 2. The van der Waals surface area contributed by atoms with Gasteiger partial charge in [-0.2, -0.15) is 0 Å². The minimum Gasteiger partial charge on any atom is -0.352 e. The van der Waals surface area contributed by atoms with Crippen LogP contribution in [0.3, 0.4) is 0 Å². The van der Waals surface area contributed by atoms with E-state index in [0.29, 0.717) is 10.7 Å². The van der Waals surface area contributed by atoms with Crippen LogP contribution in [0, 0.1) is 0 Å². The third-order valence-corrected chi connectivity index (χ3v) is 6.54. The molecular weight excluding hydrogens is 518 g/mol. The van der Waals surface area contributed by atoms with Crippen molar-refractivity contribution in [3.63, 3.8) is 0 Å². The lowest BCUT2D eigenvalue weighted by molar-refractivity contribution is -0.139. The molecule has 0 aromatic heterocycles. The molecule has 0 aliphatic carbocycles. The molecule has 0 spiro atoms. The van der Waals surface area contributed by atoms with Crippen LogP contribution in [0.15, 0.2) is 53.0 Å². The zero-order chi connectivity index (χ0) is 24.1. The Morgan fingerprint density at radius 2 is 1.72 bits per heavy atom. The highest BCUT2D eigenvalue weighted by atomic mass is 79.9. The standard InChI is InChI=1S/C22H27BrClN3O4S/c1-15(2)25-22(29)16(3)26(13-17-6-5-7-19(24)12-17)21(28)14-27(32(4,30)31)20-10-8-18(23)9-11-20/h5-12,15-16H,13-14H2,1-4H3,(H,25,29). The zero-order valence-electron chi connectivity index (χ0n) is 18.4. The van der Waals surface area contributed by atoms with Gasteiger partial charge in [-0.1, -0.05) is 39.7 Å². The molecule has 0 aliphatic rings. The summed E-state index contributed by atoms with van der Waals surface area (Å²) in [5, 5.41) is 3.30. The van der Waals surface area contributed by atoms with E-state index in [0.717, 1.165) is 20.6 Å². The fraction of sp³-hybridized carbons (Fsp3) is 0.364. The van der Waals surface area contributed by atoms with Crippen LogP contribution in [0.4, 0.5) is 5.69 Å². The number of anilines is 1. The van der Waals surface area contributed by atoms with E-state index in [9.17, 15) is 18.0 Å². The average Bonchev–Trinajstić information content (AvgIpc) is 2.69. The normalized spacial score (nSPS) is 12.3. The molecule has 0 saturated heterocycles. The first kappa shape index (κ1) is 26.2. The van der Waals surface area contributed by atoms with Gasteiger partial charge in [0.2, 0.25) is 21.8 Å². The SMILES string of the molecule is CC(C)NC(=O)C(C)N(Cc1cccc(Cl)c1)C(=O)CN(c1ccc(Br)cc1)S(C)(=O)=O. The first-order valence-corrected chi connectivity index (χ1v) is 13.0. The molecule has 0 fully saturated rings. The van der Waals surface area contributed by atoms with Gasteiger partial charge in [-0.3, -0.25) is 13.9 Å². The van der Waals surface area contributed by atoms with Crippen LogP contribution in [0.25, 0.3) is 0 Å². The van der Waals surface area contributed by atoms with Crippen LogP contribution < -0.4 is 9.62 Å². The van der Waals surface area contributed by atoms with Crippen molar-refractivity contribution >= 4 is 55.1 Å². The Bertz CT molecular complexity index is 1060. The Morgan fingerprint density at radius 3 is 2.25 bits per heavy atom. The molecule has 7 nitrogen and oxygen atoms in total. The van der Waals surface area contributed by atoms with E-state index in [1.54, 1.807) is 55.5 Å². The highest BCUT2D eigenvalue weighted by molar-refractivity contribution is 9.10. The number of carbonyl (C=O) groups excluding carboxylic acids is 2. The zero-order valence-corrected chi connectivity index (χ0v) is 21.5. The molecule has 0 heterocycles. The molecule has 0 radical (unpaired) electrons. The minimum absolute atomic E-state index is 0.101. The summed E-state index contributed by atoms with van der Waals surface area (Å²) in [5.41, 5.74) is 1.08. The van der Waals surface area contributed by atoms with Gasteiger partial charge in [0.1, 0.15) is 12.6 Å². The van der Waals surface area contributed by atoms with Crippen molar-refractivity contribution in [2.75, 3.05) is 17.1 Å². The van der Waals surface area contributed by atoms with Gasteiger partial charge < -0.3 is 10.2 Å². The number of nitrogens with zero attached hydrogens (tertiary/aromatic N) is 2. The lowest BCUT2D eigenvalue weighted by Gasteiger charge is -2.32. The van der Waals surface area contributed by atoms with Crippen LogP contribution in [0.1, 0.15) is 26.3 Å². The molecule has 1 unspecified atom stereocenters. The van der Waals surface area contributed by atoms with Crippen LogP contribution in [-0.2, 0) is 26.2 Å². The van der Waals surface area contributed by atoms with Crippen molar-refractivity contribution in [2.24, 2.45) is 0 Å². The van der Waals surface area contributed by atoms with Crippen LogP contribution >= 0.6 is 27.5 Å². The van der Waals surface area contributed by atoms with E-state index < -0.39 is 28.5 Å². The topological polar surface area (TPSA) is 86.8 Å². The van der Waals surface area contributed by atoms with Crippen molar-refractivity contribution in [3.05, 3.63) is 63.6 Å². The fourth-order valence-corrected chi connectivity index (χ4v) is 4.37. The highest BCUT2D eigenvalue weighted by Gasteiger charge is 2.30. The number of hydrogen-bond acceptors (Lipinski definition) is 4. The first-order chi connectivity index (χ1) is 14.9. The summed E-state index contributed by atoms with van der Waals surface area (Å²) in [5.74, 6) is -0.838. The predicted octanol–water partition coefficient (Wildman–Crippen LogP) is 3.81. The largest absolute Gasteiger partial charge is 0.352 e. The second-order valence-electron chi connectivity index (χ2n) is 7.74. The fourth-order valence-electron chi connectivity index (χ4n) is 3.04. The summed E-state index contributed by atoms with van der Waals surface area (Å²) in [7, 11) is -3.76. The molecule has 1 N–H and O–H groups in total. The van der Waals surface area contributed by atoms with Crippen LogP contribution in [0.5, 0.6) is 0 Å². The number of rotatable bonds is 9. The van der Waals surface area contributed by atoms with Crippen LogP contribution in [0.2, 0.25) is 5.02 Å². The predicted molar refractivity (Wildman–Crippen MR) is 131 cm³/mol. The lowest BCUT2D eigenvalue weighted by atomic mass is 10.1. The van der Waals surface area contributed by atoms with Gasteiger partial charge in [0.25, 0.3) is 0 Å². The molecule has 0 saturated carbocycles. The van der Waals surface area contributed by atoms with E-state index >= 15 is 0 Å². The van der Waals surface area contributed by atoms with Gasteiger partial charge in [-0.25, -0.2) is 8.42 Å². The second kappa shape index (κ2) is 11.2. The number of halogens is 2. The molecule has 2 aromatic carbocycles. The molecule has 2 amide bonds. The maximum Gasteiger partial charge on any atom is 0.244 e. The highest BCUT2D eigenvalue weighted by Crippen LogP contribution is 2.22. The van der Waals surface area contributed by atoms with Crippen molar-refractivity contribution in [1.29, 1.82) is 0 Å².